The van der Waals surface area contributed by atoms with E-state index in [2.05, 4.69) is 6.58 Å². The summed E-state index contributed by atoms with van der Waals surface area (Å²) >= 11 is 1.27. The molecule has 1 aliphatic rings. The van der Waals surface area contributed by atoms with Crippen molar-refractivity contribution in [3.8, 4) is 11.5 Å². The molecule has 1 atom stereocenters. The molecule has 0 aliphatic carbocycles. The molecule has 41 heavy (non-hydrogen) atoms. The summed E-state index contributed by atoms with van der Waals surface area (Å²) in [5.74, 6) is 0.722. The summed E-state index contributed by atoms with van der Waals surface area (Å²) in [7, 11) is 0. The van der Waals surface area contributed by atoms with Gasteiger partial charge in [-0.3, -0.25) is 9.36 Å². The molecular weight excluding hydrogens is 536 g/mol. The van der Waals surface area contributed by atoms with E-state index in [4.69, 9.17) is 19.2 Å². The summed E-state index contributed by atoms with van der Waals surface area (Å²) in [4.78, 5) is 32.7. The quantitative estimate of drug-likeness (QED) is 0.202. The third-order valence-corrected chi connectivity index (χ3v) is 7.64. The van der Waals surface area contributed by atoms with Crippen molar-refractivity contribution in [2.45, 2.75) is 39.8 Å². The number of allylic oxidation sites excluding steroid dienone is 1. The Balaban J connectivity index is 1.78. The van der Waals surface area contributed by atoms with E-state index in [0.29, 0.717) is 44.3 Å². The number of nitrogens with zero attached hydrogens (tertiary/aromatic N) is 2. The number of fused-ring (bicyclic) bond motifs is 2. The number of carbonyl (C=O) groups is 1. The summed E-state index contributed by atoms with van der Waals surface area (Å²) in [6.45, 7) is 11.7. The first-order chi connectivity index (χ1) is 19.8. The number of para-hydroxylation sites is 1. The maximum Gasteiger partial charge on any atom is 0.338 e. The molecule has 0 fully saturated rings. The molecule has 7 nitrogen and oxygen atoms in total. The van der Waals surface area contributed by atoms with Gasteiger partial charge in [0.2, 0.25) is 0 Å². The number of benzene rings is 3. The third kappa shape index (κ3) is 5.47. The minimum atomic E-state index is -0.772. The lowest BCUT2D eigenvalue weighted by Gasteiger charge is -2.26. The van der Waals surface area contributed by atoms with Crippen LogP contribution in [0.25, 0.3) is 16.8 Å². The zero-order valence-corrected chi connectivity index (χ0v) is 24.4. The fraction of sp³-hybridized carbons (Fsp3) is 0.242. The van der Waals surface area contributed by atoms with E-state index in [0.717, 1.165) is 16.3 Å². The number of hydrogen-bond donors (Lipinski definition) is 0. The van der Waals surface area contributed by atoms with Crippen LogP contribution in [-0.4, -0.2) is 29.9 Å². The number of esters is 1. The van der Waals surface area contributed by atoms with Crippen LogP contribution in [0.5, 0.6) is 11.5 Å². The van der Waals surface area contributed by atoms with Crippen molar-refractivity contribution in [3.05, 3.63) is 115 Å². The molecule has 5 rings (SSSR count). The normalized spacial score (nSPS) is 15.0. The Hall–Kier alpha value is -4.43. The zero-order chi connectivity index (χ0) is 29.1. The van der Waals surface area contributed by atoms with Crippen LogP contribution in [-0.2, 0) is 9.53 Å². The third-order valence-electron chi connectivity index (χ3n) is 6.66. The van der Waals surface area contributed by atoms with E-state index in [1.165, 1.54) is 11.3 Å². The molecule has 0 radical (unpaired) electrons. The predicted octanol–water partition coefficient (Wildman–Crippen LogP) is 5.30. The van der Waals surface area contributed by atoms with Gasteiger partial charge in [0.1, 0.15) is 24.1 Å². The molecule has 0 amide bonds. The summed E-state index contributed by atoms with van der Waals surface area (Å²) in [6.07, 6.45) is 3.42. The highest BCUT2D eigenvalue weighted by atomic mass is 32.1. The van der Waals surface area contributed by atoms with Crippen LogP contribution in [0.1, 0.15) is 44.9 Å². The van der Waals surface area contributed by atoms with Gasteiger partial charge >= 0.3 is 5.97 Å². The fourth-order valence-electron chi connectivity index (χ4n) is 4.98. The van der Waals surface area contributed by atoms with Gasteiger partial charge in [0.15, 0.2) is 4.80 Å². The summed E-state index contributed by atoms with van der Waals surface area (Å²) < 4.78 is 19.6. The maximum absolute atomic E-state index is 14.2. The highest BCUT2D eigenvalue weighted by Crippen LogP contribution is 2.36. The van der Waals surface area contributed by atoms with Gasteiger partial charge in [-0.2, -0.15) is 0 Å². The fourth-order valence-corrected chi connectivity index (χ4v) is 6.01. The largest absolute Gasteiger partial charge is 0.491 e. The van der Waals surface area contributed by atoms with Gasteiger partial charge in [-0.05, 0) is 56.7 Å². The second-order valence-corrected chi connectivity index (χ2v) is 10.8. The zero-order valence-electron chi connectivity index (χ0n) is 23.5. The van der Waals surface area contributed by atoms with E-state index in [1.54, 1.807) is 24.5 Å². The lowest BCUT2D eigenvalue weighted by Crippen LogP contribution is -2.40. The van der Waals surface area contributed by atoms with Gasteiger partial charge in [0.05, 0.1) is 28.5 Å². The highest BCUT2D eigenvalue weighted by Gasteiger charge is 2.35. The standard InChI is InChI=1S/C33H32N2O5S/c1-6-18-39-26-17-16-22-12-8-9-13-23(22)25(26)19-28-31(36)35-30(24-14-10-11-15-27(24)40-20(3)4)29(32(37)38-7-2)21(5)34-33(35)41-28/h6,8-17,19-20,30H,1,7,18H2,2-5H3/b28-19-/t30-/m0/s1. The van der Waals surface area contributed by atoms with Crippen LogP contribution in [0.4, 0.5) is 0 Å². The van der Waals surface area contributed by atoms with Crippen LogP contribution in [0.2, 0.25) is 0 Å². The number of hydrogen-bond acceptors (Lipinski definition) is 7. The molecular formula is C33H32N2O5S. The topological polar surface area (TPSA) is 79.1 Å². The Morgan fingerprint density at radius 3 is 2.61 bits per heavy atom. The molecule has 0 saturated carbocycles. The number of thiazole rings is 1. The van der Waals surface area contributed by atoms with Gasteiger partial charge in [-0.25, -0.2) is 9.79 Å². The number of rotatable bonds is 9. The van der Waals surface area contributed by atoms with Crippen molar-refractivity contribution in [1.29, 1.82) is 0 Å². The number of aromatic nitrogens is 1. The van der Waals surface area contributed by atoms with Gasteiger partial charge in [0.25, 0.3) is 5.56 Å². The van der Waals surface area contributed by atoms with Crippen LogP contribution < -0.4 is 24.4 Å². The lowest BCUT2D eigenvalue weighted by atomic mass is 9.95. The molecule has 0 saturated heterocycles. The minimum Gasteiger partial charge on any atom is -0.491 e. The molecule has 0 N–H and O–H groups in total. The number of carbonyl (C=O) groups excluding carboxylic acids is 1. The van der Waals surface area contributed by atoms with Crippen molar-refractivity contribution in [3.63, 3.8) is 0 Å². The van der Waals surface area contributed by atoms with E-state index < -0.39 is 12.0 Å². The molecule has 0 bridgehead atoms. The van der Waals surface area contributed by atoms with E-state index >= 15 is 0 Å². The first-order valence-electron chi connectivity index (χ1n) is 13.5. The average molecular weight is 569 g/mol. The van der Waals surface area contributed by atoms with Crippen molar-refractivity contribution in [2.24, 2.45) is 4.99 Å². The first kappa shape index (κ1) is 28.1. The van der Waals surface area contributed by atoms with Gasteiger partial charge in [-0.15, -0.1) is 0 Å². The van der Waals surface area contributed by atoms with Crippen LogP contribution in [0.15, 0.2) is 94.4 Å². The summed E-state index contributed by atoms with van der Waals surface area (Å²) in [6, 6.07) is 18.5. The Morgan fingerprint density at radius 1 is 1.10 bits per heavy atom. The van der Waals surface area contributed by atoms with Crippen LogP contribution in [0, 0.1) is 0 Å². The first-order valence-corrected chi connectivity index (χ1v) is 14.4. The molecule has 4 aromatic rings. The maximum atomic E-state index is 14.2. The van der Waals surface area contributed by atoms with Crippen molar-refractivity contribution >= 4 is 34.2 Å². The summed E-state index contributed by atoms with van der Waals surface area (Å²) in [5, 5.41) is 1.98. The molecule has 1 aromatic heterocycles. The molecule has 0 spiro atoms. The number of ether oxygens (including phenoxy) is 3. The predicted molar refractivity (Wildman–Crippen MR) is 162 cm³/mol. The average Bonchev–Trinajstić information content (AvgIpc) is 3.26. The van der Waals surface area contributed by atoms with E-state index in [1.807, 2.05) is 80.6 Å². The Labute approximate surface area is 242 Å². The molecule has 210 valence electrons. The SMILES string of the molecule is C=CCOc1ccc2ccccc2c1/C=c1\sc2n(c1=O)[C@@H](c1ccccc1OC(C)C)C(C(=O)OCC)=C(C)N=2. The Kier molecular flexibility index (Phi) is 8.21. The molecule has 2 heterocycles. The van der Waals surface area contributed by atoms with Crippen LogP contribution in [0.3, 0.4) is 0 Å². The highest BCUT2D eigenvalue weighted by molar-refractivity contribution is 7.07. The van der Waals surface area contributed by atoms with Gasteiger partial charge < -0.3 is 14.2 Å². The van der Waals surface area contributed by atoms with E-state index in [9.17, 15) is 9.59 Å². The smallest absolute Gasteiger partial charge is 0.338 e. The minimum absolute atomic E-state index is 0.108. The van der Waals surface area contributed by atoms with Gasteiger partial charge in [-0.1, -0.05) is 72.5 Å². The molecule has 3 aromatic carbocycles. The van der Waals surface area contributed by atoms with Crippen molar-refractivity contribution < 1.29 is 19.0 Å². The van der Waals surface area contributed by atoms with Crippen molar-refractivity contribution in [1.82, 2.24) is 4.57 Å². The second kappa shape index (κ2) is 12.0. The van der Waals surface area contributed by atoms with E-state index in [-0.39, 0.29) is 18.3 Å². The lowest BCUT2D eigenvalue weighted by molar-refractivity contribution is -0.139. The second-order valence-electron chi connectivity index (χ2n) is 9.80. The molecule has 1 aliphatic heterocycles. The summed E-state index contributed by atoms with van der Waals surface area (Å²) in [5.41, 5.74) is 2.02. The van der Waals surface area contributed by atoms with Crippen molar-refractivity contribution in [2.75, 3.05) is 13.2 Å². The Morgan fingerprint density at radius 2 is 1.85 bits per heavy atom. The van der Waals surface area contributed by atoms with Gasteiger partial charge in [0, 0.05) is 11.1 Å². The monoisotopic (exact) mass is 568 g/mol. The molecule has 0 unspecified atom stereocenters. The van der Waals surface area contributed by atoms with Crippen LogP contribution >= 0.6 is 11.3 Å². The molecule has 8 heteroatoms. The Bertz CT molecular complexity index is 1850.